The van der Waals surface area contributed by atoms with Gasteiger partial charge in [0.25, 0.3) is 0 Å². The van der Waals surface area contributed by atoms with Crippen LogP contribution in [-0.2, 0) is 9.59 Å². The molecule has 2 atom stereocenters. The SMILES string of the molecule is CN1C(=O)C[C@@H](C(=O)N2CCN(c3ccccc3)CC2)[C@@H]1c1ccc(F)cc1. The van der Waals surface area contributed by atoms with Gasteiger partial charge in [-0.25, -0.2) is 4.39 Å². The van der Waals surface area contributed by atoms with Crippen LogP contribution in [-0.4, -0.2) is 54.8 Å². The average Bonchev–Trinajstić information content (AvgIpc) is 3.03. The van der Waals surface area contributed by atoms with Crippen LogP contribution in [0.4, 0.5) is 10.1 Å². The quantitative estimate of drug-likeness (QED) is 0.821. The van der Waals surface area contributed by atoms with E-state index >= 15 is 0 Å². The molecule has 2 fully saturated rings. The van der Waals surface area contributed by atoms with Crippen LogP contribution in [0.5, 0.6) is 0 Å². The molecule has 28 heavy (non-hydrogen) atoms. The first-order valence-electron chi connectivity index (χ1n) is 9.64. The molecule has 2 aromatic rings. The summed E-state index contributed by atoms with van der Waals surface area (Å²) in [5, 5.41) is 0. The molecule has 0 radical (unpaired) electrons. The summed E-state index contributed by atoms with van der Waals surface area (Å²) in [7, 11) is 1.72. The van der Waals surface area contributed by atoms with Crippen molar-refractivity contribution in [3.63, 3.8) is 0 Å². The van der Waals surface area contributed by atoms with Gasteiger partial charge in [-0.3, -0.25) is 9.59 Å². The Balaban J connectivity index is 1.47. The summed E-state index contributed by atoms with van der Waals surface area (Å²) >= 11 is 0. The number of likely N-dealkylation sites (tertiary alicyclic amines) is 1. The zero-order valence-corrected chi connectivity index (χ0v) is 15.9. The molecule has 2 aliphatic heterocycles. The molecule has 146 valence electrons. The van der Waals surface area contributed by atoms with Gasteiger partial charge in [0.05, 0.1) is 12.0 Å². The highest BCUT2D eigenvalue weighted by molar-refractivity contribution is 5.90. The van der Waals surface area contributed by atoms with Crippen molar-refractivity contribution in [2.45, 2.75) is 12.5 Å². The topological polar surface area (TPSA) is 43.9 Å². The maximum Gasteiger partial charge on any atom is 0.228 e. The molecular formula is C22H24FN3O2. The Morgan fingerprint density at radius 2 is 1.61 bits per heavy atom. The van der Waals surface area contributed by atoms with Crippen LogP contribution < -0.4 is 4.90 Å². The van der Waals surface area contributed by atoms with Crippen LogP contribution in [0, 0.1) is 11.7 Å². The van der Waals surface area contributed by atoms with Gasteiger partial charge >= 0.3 is 0 Å². The van der Waals surface area contributed by atoms with Gasteiger partial charge in [0.1, 0.15) is 5.82 Å². The van der Waals surface area contributed by atoms with Crippen LogP contribution in [0.1, 0.15) is 18.0 Å². The molecule has 2 aromatic carbocycles. The molecule has 0 unspecified atom stereocenters. The molecule has 6 heteroatoms. The van der Waals surface area contributed by atoms with Gasteiger partial charge in [0.2, 0.25) is 11.8 Å². The van der Waals surface area contributed by atoms with E-state index in [4.69, 9.17) is 0 Å². The molecule has 0 saturated carbocycles. The molecule has 0 N–H and O–H groups in total. The Kier molecular flexibility index (Phi) is 5.03. The number of anilines is 1. The Bertz CT molecular complexity index is 848. The second kappa shape index (κ2) is 7.62. The monoisotopic (exact) mass is 381 g/mol. The highest BCUT2D eigenvalue weighted by Gasteiger charge is 2.44. The summed E-state index contributed by atoms with van der Waals surface area (Å²) in [5.41, 5.74) is 1.96. The van der Waals surface area contributed by atoms with Crippen molar-refractivity contribution in [3.05, 3.63) is 66.0 Å². The third-order valence-corrected chi connectivity index (χ3v) is 5.83. The summed E-state index contributed by atoms with van der Waals surface area (Å²) in [4.78, 5) is 31.3. The number of hydrogen-bond acceptors (Lipinski definition) is 3. The fraction of sp³-hybridized carbons (Fsp3) is 0.364. The predicted octanol–water partition coefficient (Wildman–Crippen LogP) is 2.69. The van der Waals surface area contributed by atoms with E-state index in [0.29, 0.717) is 13.1 Å². The molecule has 0 aromatic heterocycles. The summed E-state index contributed by atoms with van der Waals surface area (Å²) in [5.74, 6) is -0.780. The maximum absolute atomic E-state index is 13.3. The number of nitrogens with zero attached hydrogens (tertiary/aromatic N) is 3. The summed E-state index contributed by atoms with van der Waals surface area (Å²) in [6.07, 6.45) is 0.205. The number of rotatable bonds is 3. The van der Waals surface area contributed by atoms with Crippen molar-refractivity contribution in [1.29, 1.82) is 0 Å². The van der Waals surface area contributed by atoms with Crippen LogP contribution in [0.25, 0.3) is 0 Å². The standard InChI is InChI=1S/C22H24FN3O2/c1-24-20(27)15-19(21(24)16-7-9-17(23)10-8-16)22(28)26-13-11-25(12-14-26)18-5-3-2-4-6-18/h2-10,19,21H,11-15H2,1H3/t19-,21+/m1/s1. The fourth-order valence-electron chi connectivity index (χ4n) is 4.27. The lowest BCUT2D eigenvalue weighted by Gasteiger charge is -2.38. The van der Waals surface area contributed by atoms with E-state index < -0.39 is 5.92 Å². The number of amides is 2. The number of halogens is 1. The normalized spacial score (nSPS) is 22.6. The minimum atomic E-state index is -0.425. The van der Waals surface area contributed by atoms with E-state index in [-0.39, 0.29) is 30.1 Å². The zero-order chi connectivity index (χ0) is 19.7. The van der Waals surface area contributed by atoms with Gasteiger partial charge in [-0.2, -0.15) is 0 Å². The Morgan fingerprint density at radius 3 is 2.25 bits per heavy atom. The van der Waals surface area contributed by atoms with Crippen LogP contribution in [0.3, 0.4) is 0 Å². The van der Waals surface area contributed by atoms with E-state index in [1.807, 2.05) is 23.1 Å². The number of benzene rings is 2. The highest BCUT2D eigenvalue weighted by atomic mass is 19.1. The summed E-state index contributed by atoms with van der Waals surface area (Å²) < 4.78 is 13.3. The Morgan fingerprint density at radius 1 is 0.964 bits per heavy atom. The van der Waals surface area contributed by atoms with Gasteiger partial charge in [-0.1, -0.05) is 30.3 Å². The second-order valence-electron chi connectivity index (χ2n) is 7.46. The average molecular weight is 381 g/mol. The van der Waals surface area contributed by atoms with Gasteiger partial charge in [0, 0.05) is 45.3 Å². The van der Waals surface area contributed by atoms with Gasteiger partial charge in [-0.15, -0.1) is 0 Å². The minimum Gasteiger partial charge on any atom is -0.368 e. The molecule has 2 heterocycles. The first-order valence-corrected chi connectivity index (χ1v) is 9.64. The number of hydrogen-bond donors (Lipinski definition) is 0. The van der Waals surface area contributed by atoms with E-state index in [2.05, 4.69) is 17.0 Å². The molecule has 0 aliphatic carbocycles. The number of piperazine rings is 1. The van der Waals surface area contributed by atoms with Crippen LogP contribution >= 0.6 is 0 Å². The van der Waals surface area contributed by atoms with Crippen molar-refractivity contribution in [2.75, 3.05) is 38.1 Å². The number of carbonyl (C=O) groups is 2. The minimum absolute atomic E-state index is 0.0136. The largest absolute Gasteiger partial charge is 0.368 e. The molecule has 2 amide bonds. The third-order valence-electron chi connectivity index (χ3n) is 5.83. The predicted molar refractivity (Wildman–Crippen MR) is 105 cm³/mol. The first-order chi connectivity index (χ1) is 13.5. The van der Waals surface area contributed by atoms with Crippen molar-refractivity contribution in [1.82, 2.24) is 9.80 Å². The van der Waals surface area contributed by atoms with E-state index in [1.54, 1.807) is 24.1 Å². The van der Waals surface area contributed by atoms with Crippen LogP contribution in [0.15, 0.2) is 54.6 Å². The van der Waals surface area contributed by atoms with Gasteiger partial charge < -0.3 is 14.7 Å². The molecular weight excluding hydrogens is 357 g/mol. The lowest BCUT2D eigenvalue weighted by molar-refractivity contribution is -0.136. The molecule has 0 spiro atoms. The highest BCUT2D eigenvalue weighted by Crippen LogP contribution is 2.38. The van der Waals surface area contributed by atoms with Crippen molar-refractivity contribution < 1.29 is 14.0 Å². The molecule has 4 rings (SSSR count). The molecule has 2 saturated heterocycles. The lowest BCUT2D eigenvalue weighted by atomic mass is 9.92. The van der Waals surface area contributed by atoms with Gasteiger partial charge in [-0.05, 0) is 29.8 Å². The molecule has 2 aliphatic rings. The van der Waals surface area contributed by atoms with E-state index in [9.17, 15) is 14.0 Å². The maximum atomic E-state index is 13.3. The number of para-hydroxylation sites is 1. The Hall–Kier alpha value is -2.89. The summed E-state index contributed by atoms with van der Waals surface area (Å²) in [6, 6.07) is 15.9. The zero-order valence-electron chi connectivity index (χ0n) is 15.9. The number of carbonyl (C=O) groups excluding carboxylic acids is 2. The molecule has 5 nitrogen and oxygen atoms in total. The Labute approximate surface area is 164 Å². The van der Waals surface area contributed by atoms with Crippen LogP contribution in [0.2, 0.25) is 0 Å². The fourth-order valence-corrected chi connectivity index (χ4v) is 4.27. The van der Waals surface area contributed by atoms with E-state index in [0.717, 1.165) is 24.3 Å². The van der Waals surface area contributed by atoms with Crippen molar-refractivity contribution >= 4 is 17.5 Å². The van der Waals surface area contributed by atoms with Gasteiger partial charge in [0.15, 0.2) is 0 Å². The van der Waals surface area contributed by atoms with Crippen molar-refractivity contribution in [2.24, 2.45) is 5.92 Å². The van der Waals surface area contributed by atoms with E-state index in [1.165, 1.54) is 12.1 Å². The third kappa shape index (κ3) is 3.46. The second-order valence-corrected chi connectivity index (χ2v) is 7.46. The van der Waals surface area contributed by atoms with Crippen molar-refractivity contribution in [3.8, 4) is 0 Å². The summed E-state index contributed by atoms with van der Waals surface area (Å²) in [6.45, 7) is 2.82. The molecule has 0 bridgehead atoms. The first kappa shape index (κ1) is 18.5. The lowest BCUT2D eigenvalue weighted by Crippen LogP contribution is -2.51. The smallest absolute Gasteiger partial charge is 0.228 e.